The molecule has 1 aromatic rings. The van der Waals surface area contributed by atoms with Gasteiger partial charge in [-0.1, -0.05) is 6.42 Å². The van der Waals surface area contributed by atoms with Gasteiger partial charge in [-0.05, 0) is 19.4 Å². The molecule has 0 atom stereocenters. The van der Waals surface area contributed by atoms with Crippen LogP contribution < -0.4 is 5.73 Å². The minimum Gasteiger partial charge on any atom is -0.330 e. The second-order valence-corrected chi connectivity index (χ2v) is 2.98. The molecule has 0 saturated carbocycles. The number of rotatable bonds is 6. The molecule has 5 nitrogen and oxygen atoms in total. The Morgan fingerprint density at radius 3 is 2.57 bits per heavy atom. The molecule has 1 aromatic heterocycles. The molecular weight excluding hydrogens is 180 g/mol. The molecule has 1 rings (SSSR count). The van der Waals surface area contributed by atoms with E-state index in [0.29, 0.717) is 13.0 Å². The highest BCUT2D eigenvalue weighted by Crippen LogP contribution is 2.02. The lowest BCUT2D eigenvalue weighted by Gasteiger charge is -1.98. The standard InChI is InChI=1S/C9H14N4O/c10-5-3-1-2-4-8(14)9-12-6-11-7-13-9/h6-7H,1-5,10H2. The van der Waals surface area contributed by atoms with Gasteiger partial charge in [0.05, 0.1) is 0 Å². The highest BCUT2D eigenvalue weighted by Gasteiger charge is 2.07. The fourth-order valence-corrected chi connectivity index (χ4v) is 1.10. The van der Waals surface area contributed by atoms with Crippen molar-refractivity contribution < 1.29 is 4.79 Å². The first-order valence-electron chi connectivity index (χ1n) is 4.70. The zero-order chi connectivity index (χ0) is 10.2. The van der Waals surface area contributed by atoms with Crippen molar-refractivity contribution in [2.45, 2.75) is 25.7 Å². The predicted molar refractivity (Wildman–Crippen MR) is 51.7 cm³/mol. The number of carbonyl (C=O) groups excluding carboxylic acids is 1. The minimum absolute atomic E-state index is 0.0237. The summed E-state index contributed by atoms with van der Waals surface area (Å²) in [7, 11) is 0. The zero-order valence-electron chi connectivity index (χ0n) is 8.02. The van der Waals surface area contributed by atoms with Gasteiger partial charge in [0, 0.05) is 6.42 Å². The SMILES string of the molecule is NCCCCCC(=O)c1ncncn1. The van der Waals surface area contributed by atoms with Gasteiger partial charge in [-0.2, -0.15) is 0 Å². The van der Waals surface area contributed by atoms with Gasteiger partial charge < -0.3 is 5.73 Å². The van der Waals surface area contributed by atoms with Crippen LogP contribution in [0.2, 0.25) is 0 Å². The van der Waals surface area contributed by atoms with Gasteiger partial charge >= 0.3 is 0 Å². The number of hydrogen-bond donors (Lipinski definition) is 1. The molecule has 0 amide bonds. The monoisotopic (exact) mass is 194 g/mol. The minimum atomic E-state index is -0.0237. The predicted octanol–water partition coefficient (Wildman–Crippen LogP) is 0.573. The number of aromatic nitrogens is 3. The summed E-state index contributed by atoms with van der Waals surface area (Å²) in [5, 5.41) is 0. The smallest absolute Gasteiger partial charge is 0.200 e. The molecule has 2 N–H and O–H groups in total. The van der Waals surface area contributed by atoms with Crippen LogP contribution in [0.5, 0.6) is 0 Å². The molecule has 0 radical (unpaired) electrons. The van der Waals surface area contributed by atoms with Crippen LogP contribution in [0.3, 0.4) is 0 Å². The molecule has 0 bridgehead atoms. The lowest BCUT2D eigenvalue weighted by molar-refractivity contribution is 0.0968. The van der Waals surface area contributed by atoms with Crippen molar-refractivity contribution in [3.05, 3.63) is 18.5 Å². The number of nitrogens with two attached hydrogens (primary N) is 1. The van der Waals surface area contributed by atoms with Crippen LogP contribution in [0, 0.1) is 0 Å². The Balaban J connectivity index is 2.29. The van der Waals surface area contributed by atoms with E-state index in [1.807, 2.05) is 0 Å². The first-order chi connectivity index (χ1) is 6.84. The maximum Gasteiger partial charge on any atom is 0.200 e. The van der Waals surface area contributed by atoms with Crippen LogP contribution in [0.15, 0.2) is 12.7 Å². The molecule has 5 heteroatoms. The van der Waals surface area contributed by atoms with Crippen LogP contribution >= 0.6 is 0 Å². The molecule has 0 aliphatic carbocycles. The molecular formula is C9H14N4O. The molecule has 0 aliphatic rings. The zero-order valence-corrected chi connectivity index (χ0v) is 8.02. The molecule has 0 fully saturated rings. The maximum atomic E-state index is 11.4. The third kappa shape index (κ3) is 3.57. The summed E-state index contributed by atoms with van der Waals surface area (Å²) in [6.45, 7) is 0.681. The summed E-state index contributed by atoms with van der Waals surface area (Å²) in [4.78, 5) is 22.6. The summed E-state index contributed by atoms with van der Waals surface area (Å²) >= 11 is 0. The topological polar surface area (TPSA) is 81.8 Å². The average molecular weight is 194 g/mol. The van der Waals surface area contributed by atoms with Gasteiger partial charge in [-0.25, -0.2) is 15.0 Å². The van der Waals surface area contributed by atoms with E-state index in [9.17, 15) is 4.79 Å². The number of ketones is 1. The Kier molecular flexibility index (Phi) is 4.71. The van der Waals surface area contributed by atoms with Gasteiger partial charge in [-0.3, -0.25) is 4.79 Å². The molecule has 0 aromatic carbocycles. The summed E-state index contributed by atoms with van der Waals surface area (Å²) in [5.74, 6) is 0.233. The fourth-order valence-electron chi connectivity index (χ4n) is 1.10. The quantitative estimate of drug-likeness (QED) is 0.529. The van der Waals surface area contributed by atoms with Crippen molar-refractivity contribution in [2.75, 3.05) is 6.54 Å². The Bertz CT molecular complexity index is 275. The highest BCUT2D eigenvalue weighted by atomic mass is 16.1. The maximum absolute atomic E-state index is 11.4. The van der Waals surface area contributed by atoms with Gasteiger partial charge in [0.25, 0.3) is 0 Å². The van der Waals surface area contributed by atoms with Gasteiger partial charge in [0.2, 0.25) is 0 Å². The van der Waals surface area contributed by atoms with E-state index in [1.54, 1.807) is 0 Å². The van der Waals surface area contributed by atoms with Crippen molar-refractivity contribution in [3.8, 4) is 0 Å². The van der Waals surface area contributed by atoms with E-state index < -0.39 is 0 Å². The normalized spacial score (nSPS) is 10.1. The van der Waals surface area contributed by atoms with Crippen LogP contribution in [0.4, 0.5) is 0 Å². The highest BCUT2D eigenvalue weighted by molar-refractivity contribution is 5.92. The molecule has 14 heavy (non-hydrogen) atoms. The van der Waals surface area contributed by atoms with E-state index in [2.05, 4.69) is 15.0 Å². The van der Waals surface area contributed by atoms with E-state index in [1.165, 1.54) is 12.7 Å². The van der Waals surface area contributed by atoms with Crippen molar-refractivity contribution in [3.63, 3.8) is 0 Å². The van der Waals surface area contributed by atoms with Crippen molar-refractivity contribution >= 4 is 5.78 Å². The van der Waals surface area contributed by atoms with Crippen molar-refractivity contribution in [1.82, 2.24) is 15.0 Å². The molecule has 76 valence electrons. The Morgan fingerprint density at radius 2 is 1.93 bits per heavy atom. The fraction of sp³-hybridized carbons (Fsp3) is 0.556. The van der Waals surface area contributed by atoms with Gasteiger partial charge in [0.1, 0.15) is 12.7 Å². The van der Waals surface area contributed by atoms with Gasteiger partial charge in [-0.15, -0.1) is 0 Å². The molecule has 0 spiro atoms. The Labute approximate surface area is 82.8 Å². The third-order valence-electron chi connectivity index (χ3n) is 1.85. The molecule has 0 unspecified atom stereocenters. The lowest BCUT2D eigenvalue weighted by Crippen LogP contribution is -2.05. The third-order valence-corrected chi connectivity index (χ3v) is 1.85. The second kappa shape index (κ2) is 6.15. The Morgan fingerprint density at radius 1 is 1.21 bits per heavy atom. The summed E-state index contributed by atoms with van der Waals surface area (Å²) in [6, 6.07) is 0. The Hall–Kier alpha value is -1.36. The first kappa shape index (κ1) is 10.7. The number of unbranched alkanes of at least 4 members (excludes halogenated alkanes) is 2. The summed E-state index contributed by atoms with van der Waals surface area (Å²) in [5.41, 5.74) is 5.34. The lowest BCUT2D eigenvalue weighted by atomic mass is 10.1. The van der Waals surface area contributed by atoms with Crippen LogP contribution in [-0.4, -0.2) is 27.3 Å². The molecule has 1 heterocycles. The summed E-state index contributed by atoms with van der Waals surface area (Å²) < 4.78 is 0. The van der Waals surface area contributed by atoms with Crippen LogP contribution in [-0.2, 0) is 0 Å². The van der Waals surface area contributed by atoms with Crippen molar-refractivity contribution in [1.29, 1.82) is 0 Å². The number of hydrogen-bond acceptors (Lipinski definition) is 5. The largest absolute Gasteiger partial charge is 0.330 e. The van der Waals surface area contributed by atoms with E-state index in [4.69, 9.17) is 5.73 Å². The van der Waals surface area contributed by atoms with Crippen molar-refractivity contribution in [2.24, 2.45) is 5.73 Å². The first-order valence-corrected chi connectivity index (χ1v) is 4.70. The summed E-state index contributed by atoms with van der Waals surface area (Å²) in [6.07, 6.45) is 5.95. The number of nitrogens with zero attached hydrogens (tertiary/aromatic N) is 3. The van der Waals surface area contributed by atoms with Crippen LogP contribution in [0.25, 0.3) is 0 Å². The van der Waals surface area contributed by atoms with Crippen LogP contribution in [0.1, 0.15) is 36.3 Å². The number of carbonyl (C=O) groups is 1. The van der Waals surface area contributed by atoms with Gasteiger partial charge in [0.15, 0.2) is 11.6 Å². The average Bonchev–Trinajstić information content (AvgIpc) is 2.25. The van der Waals surface area contributed by atoms with E-state index in [0.717, 1.165) is 19.3 Å². The van der Waals surface area contributed by atoms with E-state index in [-0.39, 0.29) is 11.6 Å². The number of Topliss-reactive ketones (excluding diaryl/α,β-unsaturated/α-hetero) is 1. The van der Waals surface area contributed by atoms with E-state index >= 15 is 0 Å². The molecule has 0 aliphatic heterocycles. The molecule has 0 saturated heterocycles. The second-order valence-electron chi connectivity index (χ2n) is 2.98.